The second kappa shape index (κ2) is 8.81. The summed E-state index contributed by atoms with van der Waals surface area (Å²) in [6, 6.07) is 10.0. The van der Waals surface area contributed by atoms with Crippen LogP contribution in [0.3, 0.4) is 0 Å². The third-order valence-corrected chi connectivity index (χ3v) is 7.40. The molecule has 1 fully saturated rings. The van der Waals surface area contributed by atoms with Crippen molar-refractivity contribution in [3.8, 4) is 16.2 Å². The SMILES string of the molecule is CN(C(=O)c1cc2c(s1)-c1cc(C(=O)N3CCC(O)CC3)ccc1OC2)c1ccc(F)cc1F. The van der Waals surface area contributed by atoms with Gasteiger partial charge in [-0.3, -0.25) is 9.59 Å². The summed E-state index contributed by atoms with van der Waals surface area (Å²) in [5.74, 6) is -1.45. The number of fused-ring (bicyclic) bond motifs is 3. The van der Waals surface area contributed by atoms with E-state index >= 15 is 0 Å². The molecule has 2 aromatic carbocycles. The van der Waals surface area contributed by atoms with Gasteiger partial charge in [-0.15, -0.1) is 11.3 Å². The number of aliphatic hydroxyl groups excluding tert-OH is 1. The van der Waals surface area contributed by atoms with E-state index in [1.807, 2.05) is 0 Å². The summed E-state index contributed by atoms with van der Waals surface area (Å²) in [4.78, 5) is 30.2. The molecule has 0 unspecified atom stereocenters. The Kier molecular flexibility index (Phi) is 5.83. The Hall–Kier alpha value is -3.30. The summed E-state index contributed by atoms with van der Waals surface area (Å²) in [5, 5.41) is 9.71. The molecule has 0 saturated carbocycles. The van der Waals surface area contributed by atoms with Gasteiger partial charge >= 0.3 is 0 Å². The summed E-state index contributed by atoms with van der Waals surface area (Å²) < 4.78 is 33.3. The molecule has 3 aromatic rings. The maximum absolute atomic E-state index is 14.2. The van der Waals surface area contributed by atoms with E-state index in [9.17, 15) is 23.5 Å². The molecular weight excluding hydrogens is 462 g/mol. The lowest BCUT2D eigenvalue weighted by Gasteiger charge is -2.30. The number of likely N-dealkylation sites (tertiary alicyclic amines) is 1. The predicted octanol–water partition coefficient (Wildman–Crippen LogP) is 4.46. The molecule has 1 aromatic heterocycles. The molecule has 0 atom stereocenters. The van der Waals surface area contributed by atoms with E-state index in [1.54, 1.807) is 29.2 Å². The van der Waals surface area contributed by atoms with Gasteiger partial charge in [0.05, 0.1) is 16.7 Å². The fourth-order valence-corrected chi connectivity index (χ4v) is 5.43. The lowest BCUT2D eigenvalue weighted by molar-refractivity contribution is 0.0546. The first-order valence-corrected chi connectivity index (χ1v) is 11.7. The molecule has 2 aliphatic rings. The normalized spacial score (nSPS) is 15.4. The van der Waals surface area contributed by atoms with Crippen molar-refractivity contribution in [3.63, 3.8) is 0 Å². The van der Waals surface area contributed by atoms with Gasteiger partial charge in [0.25, 0.3) is 11.8 Å². The number of anilines is 1. The van der Waals surface area contributed by atoms with Crippen LogP contribution < -0.4 is 9.64 Å². The summed E-state index contributed by atoms with van der Waals surface area (Å²) in [6.07, 6.45) is 0.748. The summed E-state index contributed by atoms with van der Waals surface area (Å²) in [6.45, 7) is 1.28. The maximum Gasteiger partial charge on any atom is 0.268 e. The van der Waals surface area contributed by atoms with Crippen molar-refractivity contribution >= 4 is 28.8 Å². The largest absolute Gasteiger partial charge is 0.488 e. The van der Waals surface area contributed by atoms with Gasteiger partial charge in [0, 0.05) is 47.8 Å². The van der Waals surface area contributed by atoms with Gasteiger partial charge in [0.1, 0.15) is 24.0 Å². The Bertz CT molecular complexity index is 1280. The quantitative estimate of drug-likeness (QED) is 0.596. The van der Waals surface area contributed by atoms with Crippen LogP contribution in [-0.2, 0) is 6.61 Å². The standard InChI is InChI=1S/C25H22F2N2O4S/c1-28(20-4-3-16(26)12-19(20)27)25(32)22-11-15-13-33-21-5-2-14(10-18(21)23(15)34-22)24(31)29-8-6-17(30)7-9-29/h2-5,10-12,17,30H,6-9,13H2,1H3. The molecule has 9 heteroatoms. The van der Waals surface area contributed by atoms with Gasteiger partial charge in [0.15, 0.2) is 0 Å². The van der Waals surface area contributed by atoms with Gasteiger partial charge in [-0.2, -0.15) is 0 Å². The number of carbonyl (C=O) groups excluding carboxylic acids is 2. The number of thiophene rings is 1. The van der Waals surface area contributed by atoms with Crippen molar-refractivity contribution in [3.05, 3.63) is 70.1 Å². The second-order valence-electron chi connectivity index (χ2n) is 8.45. The Morgan fingerprint density at radius 1 is 1.12 bits per heavy atom. The minimum Gasteiger partial charge on any atom is -0.488 e. The van der Waals surface area contributed by atoms with Crippen LogP contribution in [-0.4, -0.2) is 48.1 Å². The number of aliphatic hydroxyl groups is 1. The predicted molar refractivity (Wildman–Crippen MR) is 124 cm³/mol. The topological polar surface area (TPSA) is 70.1 Å². The van der Waals surface area contributed by atoms with Crippen LogP contribution in [0.1, 0.15) is 38.4 Å². The zero-order valence-corrected chi connectivity index (χ0v) is 19.2. The Balaban J connectivity index is 1.43. The highest BCUT2D eigenvalue weighted by Crippen LogP contribution is 2.43. The molecule has 0 radical (unpaired) electrons. The monoisotopic (exact) mass is 484 g/mol. The number of hydrogen-bond donors (Lipinski definition) is 1. The number of carbonyl (C=O) groups is 2. The maximum atomic E-state index is 14.2. The van der Waals surface area contributed by atoms with Crippen LogP contribution in [0.2, 0.25) is 0 Å². The van der Waals surface area contributed by atoms with Crippen molar-refractivity contribution in [2.45, 2.75) is 25.6 Å². The van der Waals surface area contributed by atoms with Crippen molar-refractivity contribution < 1.29 is 28.2 Å². The van der Waals surface area contributed by atoms with Crippen LogP contribution in [0.5, 0.6) is 5.75 Å². The zero-order valence-electron chi connectivity index (χ0n) is 18.4. The molecule has 6 nitrogen and oxygen atoms in total. The van der Waals surface area contributed by atoms with E-state index < -0.39 is 17.5 Å². The minimum absolute atomic E-state index is 0.0195. The summed E-state index contributed by atoms with van der Waals surface area (Å²) in [5.41, 5.74) is 2.02. The average Bonchev–Trinajstić information content (AvgIpc) is 3.28. The van der Waals surface area contributed by atoms with E-state index in [2.05, 4.69) is 0 Å². The Morgan fingerprint density at radius 3 is 2.62 bits per heavy atom. The molecule has 176 valence electrons. The molecule has 0 aliphatic carbocycles. The molecule has 2 aliphatic heterocycles. The van der Waals surface area contributed by atoms with E-state index in [4.69, 9.17) is 4.74 Å². The van der Waals surface area contributed by atoms with Crippen LogP contribution in [0.25, 0.3) is 10.4 Å². The van der Waals surface area contributed by atoms with E-state index in [1.165, 1.54) is 24.5 Å². The fourth-order valence-electron chi connectivity index (χ4n) is 4.27. The van der Waals surface area contributed by atoms with Gasteiger partial charge in [-0.1, -0.05) is 0 Å². The van der Waals surface area contributed by atoms with E-state index in [0.29, 0.717) is 42.1 Å². The number of piperidine rings is 1. The average molecular weight is 485 g/mol. The number of hydrogen-bond acceptors (Lipinski definition) is 5. The molecule has 2 amide bonds. The van der Waals surface area contributed by atoms with E-state index in [0.717, 1.165) is 33.0 Å². The molecule has 34 heavy (non-hydrogen) atoms. The van der Waals surface area contributed by atoms with Crippen LogP contribution >= 0.6 is 11.3 Å². The molecule has 0 bridgehead atoms. The van der Waals surface area contributed by atoms with Gasteiger partial charge < -0.3 is 19.6 Å². The summed E-state index contributed by atoms with van der Waals surface area (Å²) in [7, 11) is 1.44. The molecule has 1 N–H and O–H groups in total. The number of benzene rings is 2. The van der Waals surface area contributed by atoms with Crippen molar-refractivity contribution in [2.75, 3.05) is 25.0 Å². The van der Waals surface area contributed by atoms with Crippen molar-refractivity contribution in [1.29, 1.82) is 0 Å². The Morgan fingerprint density at radius 2 is 1.88 bits per heavy atom. The molecule has 3 heterocycles. The number of amides is 2. The molecular formula is C25H22F2N2O4S. The Labute approximate surface area is 199 Å². The summed E-state index contributed by atoms with van der Waals surface area (Å²) >= 11 is 1.25. The first-order valence-electron chi connectivity index (χ1n) is 10.9. The lowest BCUT2D eigenvalue weighted by Crippen LogP contribution is -2.40. The van der Waals surface area contributed by atoms with Crippen LogP contribution in [0, 0.1) is 11.6 Å². The van der Waals surface area contributed by atoms with Crippen LogP contribution in [0.4, 0.5) is 14.5 Å². The lowest BCUT2D eigenvalue weighted by atomic mass is 10.0. The van der Waals surface area contributed by atoms with Crippen molar-refractivity contribution in [1.82, 2.24) is 4.90 Å². The fraction of sp³-hybridized carbons (Fsp3) is 0.280. The third kappa shape index (κ3) is 4.05. The van der Waals surface area contributed by atoms with Gasteiger partial charge in [-0.25, -0.2) is 8.78 Å². The van der Waals surface area contributed by atoms with Crippen LogP contribution in [0.15, 0.2) is 42.5 Å². The van der Waals surface area contributed by atoms with E-state index in [-0.39, 0.29) is 24.3 Å². The first kappa shape index (κ1) is 22.5. The molecule has 1 saturated heterocycles. The van der Waals surface area contributed by atoms with Gasteiger partial charge in [-0.05, 0) is 49.2 Å². The third-order valence-electron chi connectivity index (χ3n) is 6.20. The highest BCUT2D eigenvalue weighted by atomic mass is 32.1. The molecule has 5 rings (SSSR count). The molecule has 0 spiro atoms. The van der Waals surface area contributed by atoms with Gasteiger partial charge in [0.2, 0.25) is 0 Å². The number of halogens is 2. The highest BCUT2D eigenvalue weighted by molar-refractivity contribution is 7.17. The first-order chi connectivity index (χ1) is 16.3. The minimum atomic E-state index is -0.820. The number of nitrogens with zero attached hydrogens (tertiary/aromatic N) is 2. The zero-order chi connectivity index (χ0) is 24.0. The number of rotatable bonds is 3. The number of ether oxygens (including phenoxy) is 1. The second-order valence-corrected chi connectivity index (χ2v) is 9.50. The van der Waals surface area contributed by atoms with Crippen molar-refractivity contribution in [2.24, 2.45) is 0 Å². The highest BCUT2D eigenvalue weighted by Gasteiger charge is 2.28. The smallest absolute Gasteiger partial charge is 0.268 e.